The molecule has 3 N–H and O–H groups in total. The monoisotopic (exact) mass is 698 g/mol. The molecule has 0 saturated carbocycles. The lowest BCUT2D eigenvalue weighted by Gasteiger charge is -2.21. The first kappa shape index (κ1) is 46.8. The van der Waals surface area contributed by atoms with Gasteiger partial charge in [0.1, 0.15) is 0 Å². The van der Waals surface area contributed by atoms with Gasteiger partial charge in [-0.1, -0.05) is 199 Å². The minimum Gasteiger partial charge on any atom is -0.387 e. The van der Waals surface area contributed by atoms with Crippen LogP contribution in [-0.2, 0) is 14.9 Å². The van der Waals surface area contributed by atoms with Gasteiger partial charge in [0, 0.05) is 6.42 Å². The van der Waals surface area contributed by atoms with Gasteiger partial charge < -0.3 is 10.4 Å². The molecule has 0 radical (unpaired) electrons. The number of allylic oxidation sites excluding steroid dienone is 3. The van der Waals surface area contributed by atoms with Gasteiger partial charge in [0.05, 0.1) is 17.9 Å². The highest BCUT2D eigenvalue weighted by atomic mass is 32.2. The van der Waals surface area contributed by atoms with Crippen LogP contribution in [-0.4, -0.2) is 41.9 Å². The Kier molecular flexibility index (Phi) is 34.8. The zero-order valence-corrected chi connectivity index (χ0v) is 32.4. The van der Waals surface area contributed by atoms with Crippen molar-refractivity contribution in [1.29, 1.82) is 0 Å². The van der Waals surface area contributed by atoms with Crippen LogP contribution in [0.3, 0.4) is 0 Å². The molecule has 6 nitrogen and oxygen atoms in total. The maximum Gasteiger partial charge on any atom is 0.267 e. The minimum absolute atomic E-state index is 0.286. The quantitative estimate of drug-likeness (QED) is 0.0340. The molecule has 2 unspecified atom stereocenters. The smallest absolute Gasteiger partial charge is 0.267 e. The maximum absolute atomic E-state index is 12.5. The van der Waals surface area contributed by atoms with E-state index in [-0.39, 0.29) is 5.91 Å². The summed E-state index contributed by atoms with van der Waals surface area (Å²) >= 11 is 0. The molecule has 0 fully saturated rings. The molecule has 0 aliphatic heterocycles. The minimum atomic E-state index is -4.35. The summed E-state index contributed by atoms with van der Waals surface area (Å²) in [5.74, 6) is -0.992. The fourth-order valence-electron chi connectivity index (χ4n) is 6.29. The van der Waals surface area contributed by atoms with Gasteiger partial charge in [-0.25, -0.2) is 0 Å². The van der Waals surface area contributed by atoms with Crippen molar-refractivity contribution in [2.24, 2.45) is 0 Å². The van der Waals surface area contributed by atoms with E-state index in [9.17, 15) is 22.9 Å². The Morgan fingerprint density at radius 2 is 0.896 bits per heavy atom. The van der Waals surface area contributed by atoms with Gasteiger partial charge in [-0.15, -0.1) is 0 Å². The van der Waals surface area contributed by atoms with Crippen molar-refractivity contribution in [2.45, 2.75) is 225 Å². The number of aliphatic hydroxyl groups excluding tert-OH is 1. The fourth-order valence-corrected chi connectivity index (χ4v) is 7.02. The first-order chi connectivity index (χ1) is 23.3. The third kappa shape index (κ3) is 36.1. The molecule has 0 aromatic rings. The Balaban J connectivity index is 3.95. The molecular formula is C41H79NO5S. The summed E-state index contributed by atoms with van der Waals surface area (Å²) in [7, 11) is -4.35. The van der Waals surface area contributed by atoms with Crippen LogP contribution in [0, 0.1) is 0 Å². The van der Waals surface area contributed by atoms with Crippen molar-refractivity contribution in [3.63, 3.8) is 0 Å². The molecule has 0 saturated heterocycles. The van der Waals surface area contributed by atoms with E-state index >= 15 is 0 Å². The highest BCUT2D eigenvalue weighted by molar-refractivity contribution is 7.85. The number of carbonyl (C=O) groups is 1. The molecule has 0 aromatic heterocycles. The second kappa shape index (κ2) is 35.6. The van der Waals surface area contributed by atoms with Crippen LogP contribution in [0.5, 0.6) is 0 Å². The Bertz CT molecular complexity index is 857. The summed E-state index contributed by atoms with van der Waals surface area (Å²) < 4.78 is 32.4. The van der Waals surface area contributed by atoms with Crippen molar-refractivity contribution in [2.75, 3.05) is 5.75 Å². The average molecular weight is 698 g/mol. The number of amides is 1. The van der Waals surface area contributed by atoms with Gasteiger partial charge in [-0.05, 0) is 32.1 Å². The Morgan fingerprint density at radius 3 is 1.31 bits per heavy atom. The molecule has 0 rings (SSSR count). The molecule has 0 aromatic carbocycles. The van der Waals surface area contributed by atoms with Crippen LogP contribution in [0.25, 0.3) is 0 Å². The average Bonchev–Trinajstić information content (AvgIpc) is 3.05. The lowest BCUT2D eigenvalue weighted by Crippen LogP contribution is -2.46. The Morgan fingerprint density at radius 1 is 0.542 bits per heavy atom. The summed E-state index contributed by atoms with van der Waals surface area (Å²) in [5.41, 5.74) is 0. The van der Waals surface area contributed by atoms with Crippen LogP contribution in [0.2, 0.25) is 0 Å². The van der Waals surface area contributed by atoms with E-state index in [0.717, 1.165) is 38.5 Å². The maximum atomic E-state index is 12.5. The van der Waals surface area contributed by atoms with E-state index in [4.69, 9.17) is 0 Å². The number of unbranched alkanes of at least 4 members (excludes halogenated alkanes) is 27. The summed E-state index contributed by atoms with van der Waals surface area (Å²) in [6, 6.07) is -1.07. The van der Waals surface area contributed by atoms with Crippen molar-refractivity contribution in [3.8, 4) is 0 Å². The van der Waals surface area contributed by atoms with Gasteiger partial charge in [0.2, 0.25) is 5.91 Å². The predicted molar refractivity (Wildman–Crippen MR) is 207 cm³/mol. The zero-order chi connectivity index (χ0) is 35.4. The number of nitrogens with one attached hydrogen (secondary N) is 1. The normalized spacial score (nSPS) is 13.5. The molecule has 0 spiro atoms. The summed E-state index contributed by atoms with van der Waals surface area (Å²) in [5, 5.41) is 13.2. The van der Waals surface area contributed by atoms with Crippen molar-refractivity contribution in [1.82, 2.24) is 5.32 Å². The fraction of sp³-hybridized carbons (Fsp3) is 0.878. The molecule has 7 heteroatoms. The van der Waals surface area contributed by atoms with Gasteiger partial charge in [0.15, 0.2) is 0 Å². The van der Waals surface area contributed by atoms with Gasteiger partial charge in [-0.3, -0.25) is 9.35 Å². The van der Waals surface area contributed by atoms with E-state index in [0.29, 0.717) is 6.42 Å². The number of carbonyl (C=O) groups excluding carboxylic acids is 1. The largest absolute Gasteiger partial charge is 0.387 e. The van der Waals surface area contributed by atoms with Crippen LogP contribution in [0.15, 0.2) is 24.3 Å². The summed E-state index contributed by atoms with van der Waals surface area (Å²) in [6.45, 7) is 4.53. The van der Waals surface area contributed by atoms with Crippen LogP contribution < -0.4 is 5.32 Å². The summed E-state index contributed by atoms with van der Waals surface area (Å²) in [6.07, 6.45) is 44.5. The van der Waals surface area contributed by atoms with Crippen LogP contribution in [0.1, 0.15) is 213 Å². The molecular weight excluding hydrogens is 619 g/mol. The van der Waals surface area contributed by atoms with E-state index in [1.807, 2.05) is 6.08 Å². The molecule has 48 heavy (non-hydrogen) atoms. The molecule has 0 bridgehead atoms. The number of hydrogen-bond acceptors (Lipinski definition) is 4. The first-order valence-electron chi connectivity index (χ1n) is 20.5. The van der Waals surface area contributed by atoms with E-state index in [1.54, 1.807) is 0 Å². The molecule has 2 atom stereocenters. The number of hydrogen-bond donors (Lipinski definition) is 3. The first-order valence-corrected chi connectivity index (χ1v) is 22.1. The predicted octanol–water partition coefficient (Wildman–Crippen LogP) is 12.0. The SMILES string of the molecule is CCCCCCCCCCCCCC/C=C/CC/C=C/C(O)C(CS(=O)(=O)O)NC(=O)CCCCCCCCCCCCCCCCC. The molecule has 0 aliphatic carbocycles. The van der Waals surface area contributed by atoms with Crippen LogP contribution >= 0.6 is 0 Å². The van der Waals surface area contributed by atoms with E-state index in [2.05, 4.69) is 31.3 Å². The van der Waals surface area contributed by atoms with Crippen molar-refractivity contribution >= 4 is 16.0 Å². The van der Waals surface area contributed by atoms with E-state index in [1.165, 1.54) is 160 Å². The third-order valence-corrected chi connectivity index (χ3v) is 10.2. The van der Waals surface area contributed by atoms with Crippen LogP contribution in [0.4, 0.5) is 0 Å². The lowest BCUT2D eigenvalue weighted by molar-refractivity contribution is -0.122. The molecule has 284 valence electrons. The second-order valence-corrected chi connectivity index (χ2v) is 15.8. The molecule has 0 aliphatic rings. The topological polar surface area (TPSA) is 104 Å². The lowest BCUT2D eigenvalue weighted by atomic mass is 10.0. The highest BCUT2D eigenvalue weighted by Crippen LogP contribution is 2.15. The Labute approximate surface area is 298 Å². The number of aliphatic hydroxyl groups is 1. The number of rotatable bonds is 37. The second-order valence-electron chi connectivity index (χ2n) is 14.3. The standard InChI is InChI=1S/C41H79NO5S/c1-3-5-7-9-11-13-15-17-19-20-21-23-24-26-28-30-32-34-36-40(43)39(38-48(45,46)47)42-41(44)37-35-33-31-29-27-25-22-18-16-14-12-10-8-6-4-2/h26,28,34,36,39-40,43H,3-25,27,29-33,35,37-38H2,1-2H3,(H,42,44)(H,45,46,47)/b28-26+,36-34+. The zero-order valence-electron chi connectivity index (χ0n) is 31.6. The van der Waals surface area contributed by atoms with Crippen molar-refractivity contribution < 1.29 is 22.9 Å². The Hall–Kier alpha value is -1.18. The van der Waals surface area contributed by atoms with E-state index < -0.39 is 28.0 Å². The van der Waals surface area contributed by atoms with Gasteiger partial charge in [0.25, 0.3) is 10.1 Å². The van der Waals surface area contributed by atoms with Crippen molar-refractivity contribution in [3.05, 3.63) is 24.3 Å². The molecule has 0 heterocycles. The summed E-state index contributed by atoms with van der Waals surface area (Å²) in [4.78, 5) is 12.5. The highest BCUT2D eigenvalue weighted by Gasteiger charge is 2.24. The van der Waals surface area contributed by atoms with Gasteiger partial charge >= 0.3 is 0 Å². The van der Waals surface area contributed by atoms with Gasteiger partial charge in [-0.2, -0.15) is 8.42 Å². The third-order valence-electron chi connectivity index (χ3n) is 9.38. The molecule has 1 amide bonds.